The third-order valence-electron chi connectivity index (χ3n) is 1.62. The monoisotopic (exact) mass is 280 g/mol. The Morgan fingerprint density at radius 3 is 2.05 bits per heavy atom. The Labute approximate surface area is 117 Å². The zero-order chi connectivity index (χ0) is 14.5. The molecule has 0 aromatic rings. The zero-order valence-electron chi connectivity index (χ0n) is 8.93. The van der Waals surface area contributed by atoms with Gasteiger partial charge in [0, 0.05) is 0 Å². The fourth-order valence-electron chi connectivity index (χ4n) is 0.696. The van der Waals surface area contributed by atoms with E-state index in [1.54, 1.807) is 0 Å². The van der Waals surface area contributed by atoms with Crippen molar-refractivity contribution < 1.29 is 47.0 Å². The first kappa shape index (κ1) is 20.3. The number of hydrogen-bond donors (Lipinski definition) is 2. The molecule has 0 aliphatic heterocycles. The normalized spacial score (nSPS) is 11.9. The second-order valence-electron chi connectivity index (χ2n) is 3.14. The first-order chi connectivity index (χ1) is 8.04. The number of ether oxygens (including phenoxy) is 1. The number of carbonyl (C=O) groups excluding carboxylic acids is 3. The van der Waals surface area contributed by atoms with E-state index in [-0.39, 0.29) is 18.9 Å². The Kier molecular flexibility index (Phi) is 8.78. The van der Waals surface area contributed by atoms with Gasteiger partial charge in [-0.1, -0.05) is 6.92 Å². The predicted octanol–water partition coefficient (Wildman–Crippen LogP) is -1.49. The van der Waals surface area contributed by atoms with Gasteiger partial charge in [0.1, 0.15) is 0 Å². The van der Waals surface area contributed by atoms with E-state index in [1.807, 2.05) is 0 Å². The van der Waals surface area contributed by atoms with Crippen LogP contribution in [0.2, 0.25) is 0 Å². The van der Waals surface area contributed by atoms with Crippen molar-refractivity contribution >= 4 is 44.1 Å². The molecule has 0 aliphatic carbocycles. The Hall–Kier alpha value is -1.02. The molecule has 0 aromatic carbocycles. The van der Waals surface area contributed by atoms with Crippen LogP contribution in [0.25, 0.3) is 0 Å². The molecule has 0 radical (unpaired) electrons. The molecular weight excluding hydrogens is 271 g/mol. The standard InChI is InChI=1S/C7H8BF3O7.Li.H/c1-3(7(9,10)11)2-4(12)17-5(13)6(14)18-8(15)16;;/h3,15-16H,2H2,1H3;;. The molecule has 19 heavy (non-hydrogen) atoms. The molecule has 0 aromatic heterocycles. The van der Waals surface area contributed by atoms with Gasteiger partial charge in [0.15, 0.2) is 0 Å². The molecule has 0 aliphatic rings. The average Bonchev–Trinajstić information content (AvgIpc) is 2.14. The van der Waals surface area contributed by atoms with E-state index < -0.39 is 43.7 Å². The summed E-state index contributed by atoms with van der Waals surface area (Å²) in [5, 5.41) is 16.3. The molecule has 0 spiro atoms. The summed E-state index contributed by atoms with van der Waals surface area (Å²) in [6, 6.07) is 0. The van der Waals surface area contributed by atoms with Crippen molar-refractivity contribution in [2.24, 2.45) is 5.92 Å². The van der Waals surface area contributed by atoms with Gasteiger partial charge in [0.2, 0.25) is 0 Å². The van der Waals surface area contributed by atoms with Gasteiger partial charge >= 0.3 is 50.3 Å². The van der Waals surface area contributed by atoms with E-state index in [0.717, 1.165) is 0 Å². The van der Waals surface area contributed by atoms with Crippen LogP contribution in [-0.2, 0) is 23.8 Å². The number of hydrogen-bond acceptors (Lipinski definition) is 7. The van der Waals surface area contributed by atoms with Gasteiger partial charge < -0.3 is 19.4 Å². The van der Waals surface area contributed by atoms with Crippen LogP contribution >= 0.6 is 0 Å². The van der Waals surface area contributed by atoms with Crippen molar-refractivity contribution in [3.63, 3.8) is 0 Å². The maximum atomic E-state index is 12.0. The van der Waals surface area contributed by atoms with E-state index >= 15 is 0 Å². The Bertz CT molecular complexity index is 346. The molecule has 0 heterocycles. The van der Waals surface area contributed by atoms with Crippen molar-refractivity contribution in [2.75, 3.05) is 0 Å². The Morgan fingerprint density at radius 2 is 1.68 bits per heavy atom. The SMILES string of the molecule is CC(CC(=O)OC(=O)C(=O)OB(O)O)C(F)(F)F.[LiH]. The molecule has 0 rings (SSSR count). The molecule has 0 bridgehead atoms. The molecule has 2 N–H and O–H groups in total. The predicted molar refractivity (Wildman–Crippen MR) is 54.4 cm³/mol. The fourth-order valence-corrected chi connectivity index (χ4v) is 0.696. The number of carbonyl (C=O) groups is 3. The van der Waals surface area contributed by atoms with E-state index in [1.165, 1.54) is 0 Å². The van der Waals surface area contributed by atoms with Crippen LogP contribution in [0.3, 0.4) is 0 Å². The van der Waals surface area contributed by atoms with Crippen LogP contribution in [0.1, 0.15) is 13.3 Å². The third kappa shape index (κ3) is 8.66. The molecule has 7 nitrogen and oxygen atoms in total. The summed E-state index contributed by atoms with van der Waals surface area (Å²) < 4.78 is 43.3. The quantitative estimate of drug-likeness (QED) is 0.280. The molecule has 0 amide bonds. The molecule has 1 atom stereocenters. The van der Waals surface area contributed by atoms with E-state index in [0.29, 0.717) is 6.92 Å². The average molecular weight is 280 g/mol. The summed E-state index contributed by atoms with van der Waals surface area (Å²) in [5.74, 6) is -7.51. The molecule has 0 fully saturated rings. The molecular formula is C7H9BF3LiO7. The van der Waals surface area contributed by atoms with Crippen molar-refractivity contribution in [2.45, 2.75) is 19.5 Å². The van der Waals surface area contributed by atoms with Crippen molar-refractivity contribution in [3.8, 4) is 0 Å². The van der Waals surface area contributed by atoms with E-state index in [9.17, 15) is 27.6 Å². The van der Waals surface area contributed by atoms with Gasteiger partial charge in [-0.15, -0.1) is 0 Å². The van der Waals surface area contributed by atoms with Crippen LogP contribution in [0, 0.1) is 5.92 Å². The van der Waals surface area contributed by atoms with Gasteiger partial charge in [-0.3, -0.25) is 4.79 Å². The second kappa shape index (κ2) is 8.21. The minimum atomic E-state index is -4.65. The fraction of sp³-hybridized carbons (Fsp3) is 0.571. The Morgan fingerprint density at radius 1 is 1.21 bits per heavy atom. The van der Waals surface area contributed by atoms with Crippen molar-refractivity contribution in [3.05, 3.63) is 0 Å². The summed E-state index contributed by atoms with van der Waals surface area (Å²) in [6.07, 6.45) is -5.81. The topological polar surface area (TPSA) is 110 Å². The van der Waals surface area contributed by atoms with Crippen LogP contribution < -0.4 is 0 Å². The van der Waals surface area contributed by atoms with Gasteiger partial charge in [0.05, 0.1) is 12.3 Å². The first-order valence-corrected chi connectivity index (χ1v) is 4.42. The number of esters is 2. The van der Waals surface area contributed by atoms with Crippen molar-refractivity contribution in [1.29, 1.82) is 0 Å². The van der Waals surface area contributed by atoms with Gasteiger partial charge in [0.25, 0.3) is 0 Å². The molecule has 0 saturated heterocycles. The molecule has 12 heteroatoms. The van der Waals surface area contributed by atoms with Crippen LogP contribution in [0.5, 0.6) is 0 Å². The van der Waals surface area contributed by atoms with Gasteiger partial charge in [-0.2, -0.15) is 13.2 Å². The summed E-state index contributed by atoms with van der Waals surface area (Å²) in [6.45, 7) is 0.682. The number of alkyl halides is 3. The third-order valence-corrected chi connectivity index (χ3v) is 1.62. The number of rotatable bonds is 3. The zero-order valence-corrected chi connectivity index (χ0v) is 8.93. The van der Waals surface area contributed by atoms with Crippen LogP contribution in [-0.4, -0.2) is 60.3 Å². The Balaban J connectivity index is 0. The van der Waals surface area contributed by atoms with Crippen molar-refractivity contribution in [1.82, 2.24) is 0 Å². The van der Waals surface area contributed by atoms with Gasteiger partial charge in [-0.05, 0) is 0 Å². The summed E-state index contributed by atoms with van der Waals surface area (Å²) >= 11 is 0. The van der Waals surface area contributed by atoms with Crippen LogP contribution in [0.15, 0.2) is 0 Å². The van der Waals surface area contributed by atoms with E-state index in [2.05, 4.69) is 9.39 Å². The van der Waals surface area contributed by atoms with Crippen LogP contribution in [0.4, 0.5) is 13.2 Å². The molecule has 0 saturated carbocycles. The van der Waals surface area contributed by atoms with E-state index in [4.69, 9.17) is 10.0 Å². The molecule has 104 valence electrons. The number of halogens is 3. The molecule has 1 unspecified atom stereocenters. The maximum absolute atomic E-state index is 12.0. The second-order valence-corrected chi connectivity index (χ2v) is 3.14. The first-order valence-electron chi connectivity index (χ1n) is 4.42. The summed E-state index contributed by atoms with van der Waals surface area (Å²) in [4.78, 5) is 32.1. The minimum absolute atomic E-state index is 0. The van der Waals surface area contributed by atoms with Gasteiger partial charge in [-0.25, -0.2) is 9.59 Å². The summed E-state index contributed by atoms with van der Waals surface area (Å²) in [7, 11) is -2.60. The summed E-state index contributed by atoms with van der Waals surface area (Å²) in [5.41, 5.74) is 0.